The number of hydrogen-bond acceptors (Lipinski definition) is 1. The summed E-state index contributed by atoms with van der Waals surface area (Å²) >= 11 is 6.53. The molecule has 0 aliphatic carbocycles. The van der Waals surface area contributed by atoms with Crippen molar-refractivity contribution in [3.63, 3.8) is 0 Å². The van der Waals surface area contributed by atoms with Gasteiger partial charge in [0, 0.05) is 20.2 Å². The van der Waals surface area contributed by atoms with E-state index < -0.39 is 5.82 Å². The fraction of sp³-hybridized carbons (Fsp3) is 0.0714. The molecule has 0 saturated heterocycles. The fourth-order valence-corrected chi connectivity index (χ4v) is 2.77. The second-order valence-electron chi connectivity index (χ2n) is 4.13. The van der Waals surface area contributed by atoms with Gasteiger partial charge in [-0.1, -0.05) is 31.9 Å². The van der Waals surface area contributed by atoms with Gasteiger partial charge in [0.2, 0.25) is 0 Å². The summed E-state index contributed by atoms with van der Waals surface area (Å²) in [7, 11) is 0. The molecule has 5 heteroatoms. The molecular formula is C14H10Br2FNO. The van der Waals surface area contributed by atoms with Gasteiger partial charge in [0.15, 0.2) is 0 Å². The molecule has 0 aromatic heterocycles. The number of halogens is 3. The predicted molar refractivity (Wildman–Crippen MR) is 80.9 cm³/mol. The quantitative estimate of drug-likeness (QED) is 0.780. The van der Waals surface area contributed by atoms with Gasteiger partial charge in [-0.25, -0.2) is 4.39 Å². The summed E-state index contributed by atoms with van der Waals surface area (Å²) in [4.78, 5) is 12.0. The summed E-state index contributed by atoms with van der Waals surface area (Å²) in [6, 6.07) is 9.65. The zero-order valence-corrected chi connectivity index (χ0v) is 13.2. The molecular weight excluding hydrogens is 377 g/mol. The topological polar surface area (TPSA) is 29.1 Å². The summed E-state index contributed by atoms with van der Waals surface area (Å²) in [5, 5.41) is 2.74. The van der Waals surface area contributed by atoms with Gasteiger partial charge < -0.3 is 5.32 Å². The SMILES string of the molecule is Cc1cc(Br)cc(NC(=O)c2cc(F)cc(Br)c2)c1. The van der Waals surface area contributed by atoms with Crippen LogP contribution in [0.1, 0.15) is 15.9 Å². The van der Waals surface area contributed by atoms with E-state index in [1.807, 2.05) is 19.1 Å². The molecule has 1 amide bonds. The van der Waals surface area contributed by atoms with E-state index in [1.54, 1.807) is 12.1 Å². The molecule has 2 aromatic carbocycles. The third-order valence-corrected chi connectivity index (χ3v) is 3.34. The van der Waals surface area contributed by atoms with Crippen molar-refractivity contribution >= 4 is 43.5 Å². The van der Waals surface area contributed by atoms with Gasteiger partial charge in [0.25, 0.3) is 5.91 Å². The standard InChI is InChI=1S/C14H10Br2FNO/c1-8-2-10(15)7-13(3-8)18-14(19)9-4-11(16)6-12(17)5-9/h2-7H,1H3,(H,18,19). The van der Waals surface area contributed by atoms with Crippen LogP contribution in [0, 0.1) is 12.7 Å². The van der Waals surface area contributed by atoms with Crippen LogP contribution in [0.3, 0.4) is 0 Å². The zero-order valence-electron chi connectivity index (χ0n) is 10.0. The van der Waals surface area contributed by atoms with Crippen LogP contribution >= 0.6 is 31.9 Å². The molecule has 0 aliphatic rings. The zero-order chi connectivity index (χ0) is 14.0. The van der Waals surface area contributed by atoms with Crippen molar-refractivity contribution in [2.24, 2.45) is 0 Å². The molecule has 19 heavy (non-hydrogen) atoms. The highest BCUT2D eigenvalue weighted by Gasteiger charge is 2.09. The summed E-state index contributed by atoms with van der Waals surface area (Å²) in [6.45, 7) is 1.93. The largest absolute Gasteiger partial charge is 0.322 e. The molecule has 1 N–H and O–H groups in total. The van der Waals surface area contributed by atoms with Gasteiger partial charge in [-0.15, -0.1) is 0 Å². The highest BCUT2D eigenvalue weighted by molar-refractivity contribution is 9.10. The summed E-state index contributed by atoms with van der Waals surface area (Å²) in [5.41, 5.74) is 1.95. The molecule has 0 saturated carbocycles. The lowest BCUT2D eigenvalue weighted by atomic mass is 10.2. The molecule has 2 nitrogen and oxygen atoms in total. The molecule has 0 aliphatic heterocycles. The summed E-state index contributed by atoms with van der Waals surface area (Å²) in [5.74, 6) is -0.803. The monoisotopic (exact) mass is 385 g/mol. The van der Waals surface area contributed by atoms with Gasteiger partial charge in [-0.3, -0.25) is 4.79 Å². The lowest BCUT2D eigenvalue weighted by Gasteiger charge is -2.07. The Morgan fingerprint density at radius 3 is 2.37 bits per heavy atom. The molecule has 2 rings (SSSR count). The van der Waals surface area contributed by atoms with Crippen LogP contribution < -0.4 is 5.32 Å². The lowest BCUT2D eigenvalue weighted by molar-refractivity contribution is 0.102. The Hall–Kier alpha value is -1.20. The van der Waals surface area contributed by atoms with E-state index in [9.17, 15) is 9.18 Å². The van der Waals surface area contributed by atoms with Crippen LogP contribution in [0.2, 0.25) is 0 Å². The molecule has 98 valence electrons. The third kappa shape index (κ3) is 3.88. The van der Waals surface area contributed by atoms with Crippen LogP contribution in [0.4, 0.5) is 10.1 Å². The number of amides is 1. The maximum atomic E-state index is 13.2. The predicted octanol–water partition coefficient (Wildman–Crippen LogP) is 4.91. The number of anilines is 1. The van der Waals surface area contributed by atoms with Crippen LogP contribution in [0.25, 0.3) is 0 Å². The van der Waals surface area contributed by atoms with Crippen molar-refractivity contribution in [3.8, 4) is 0 Å². The fourth-order valence-electron chi connectivity index (χ4n) is 1.70. The average molecular weight is 387 g/mol. The molecule has 2 aromatic rings. The van der Waals surface area contributed by atoms with Crippen molar-refractivity contribution < 1.29 is 9.18 Å². The van der Waals surface area contributed by atoms with Gasteiger partial charge in [0.05, 0.1) is 0 Å². The maximum Gasteiger partial charge on any atom is 0.255 e. The molecule has 0 spiro atoms. The van der Waals surface area contributed by atoms with Crippen molar-refractivity contribution in [3.05, 3.63) is 62.3 Å². The van der Waals surface area contributed by atoms with Gasteiger partial charge in [-0.05, 0) is 48.9 Å². The first-order valence-corrected chi connectivity index (χ1v) is 7.07. The Bertz CT molecular complexity index is 603. The smallest absolute Gasteiger partial charge is 0.255 e. The normalized spacial score (nSPS) is 10.3. The Balaban J connectivity index is 2.25. The van der Waals surface area contributed by atoms with E-state index >= 15 is 0 Å². The maximum absolute atomic E-state index is 13.2. The molecule has 0 radical (unpaired) electrons. The van der Waals surface area contributed by atoms with E-state index in [1.165, 1.54) is 12.1 Å². The Morgan fingerprint density at radius 1 is 1.05 bits per heavy atom. The third-order valence-electron chi connectivity index (χ3n) is 2.42. The van der Waals surface area contributed by atoms with E-state index in [2.05, 4.69) is 37.2 Å². The minimum absolute atomic E-state index is 0.268. The van der Waals surface area contributed by atoms with E-state index in [0.29, 0.717) is 10.2 Å². The molecule has 0 bridgehead atoms. The van der Waals surface area contributed by atoms with E-state index in [4.69, 9.17) is 0 Å². The number of nitrogens with one attached hydrogen (secondary N) is 1. The van der Waals surface area contributed by atoms with E-state index in [-0.39, 0.29) is 11.5 Å². The number of hydrogen-bond donors (Lipinski definition) is 1. The number of rotatable bonds is 2. The Labute approximate surface area is 127 Å². The highest BCUT2D eigenvalue weighted by atomic mass is 79.9. The van der Waals surface area contributed by atoms with Crippen LogP contribution in [-0.4, -0.2) is 5.91 Å². The number of carbonyl (C=O) groups is 1. The molecule has 0 atom stereocenters. The highest BCUT2D eigenvalue weighted by Crippen LogP contribution is 2.21. The van der Waals surface area contributed by atoms with Crippen molar-refractivity contribution in [1.82, 2.24) is 0 Å². The minimum atomic E-state index is -0.454. The minimum Gasteiger partial charge on any atom is -0.322 e. The van der Waals surface area contributed by atoms with Gasteiger partial charge >= 0.3 is 0 Å². The number of aryl methyl sites for hydroxylation is 1. The van der Waals surface area contributed by atoms with Gasteiger partial charge in [0.1, 0.15) is 5.82 Å². The average Bonchev–Trinajstić information content (AvgIpc) is 2.25. The summed E-state index contributed by atoms with van der Waals surface area (Å²) < 4.78 is 14.6. The van der Waals surface area contributed by atoms with Crippen LogP contribution in [0.5, 0.6) is 0 Å². The lowest BCUT2D eigenvalue weighted by Crippen LogP contribution is -2.12. The van der Waals surface area contributed by atoms with Crippen molar-refractivity contribution in [2.75, 3.05) is 5.32 Å². The summed E-state index contributed by atoms with van der Waals surface area (Å²) in [6.07, 6.45) is 0. The van der Waals surface area contributed by atoms with Crippen LogP contribution in [-0.2, 0) is 0 Å². The number of carbonyl (C=O) groups excluding carboxylic acids is 1. The van der Waals surface area contributed by atoms with Crippen molar-refractivity contribution in [1.29, 1.82) is 0 Å². The first-order chi connectivity index (χ1) is 8.94. The first kappa shape index (κ1) is 14.2. The number of benzene rings is 2. The Kier molecular flexibility index (Phi) is 4.37. The van der Waals surface area contributed by atoms with Crippen molar-refractivity contribution in [2.45, 2.75) is 6.92 Å². The van der Waals surface area contributed by atoms with Crippen LogP contribution in [0.15, 0.2) is 45.3 Å². The molecule has 0 unspecified atom stereocenters. The molecule has 0 fully saturated rings. The Morgan fingerprint density at radius 2 is 1.74 bits per heavy atom. The van der Waals surface area contributed by atoms with Gasteiger partial charge in [-0.2, -0.15) is 0 Å². The first-order valence-electron chi connectivity index (χ1n) is 5.49. The molecule has 0 heterocycles. The van der Waals surface area contributed by atoms with E-state index in [0.717, 1.165) is 10.0 Å². The second kappa shape index (κ2) is 5.84. The second-order valence-corrected chi connectivity index (χ2v) is 5.96.